The van der Waals surface area contributed by atoms with Crippen LogP contribution in [0, 0.1) is 6.92 Å². The molecule has 4 rings (SSSR count). The van der Waals surface area contributed by atoms with E-state index in [2.05, 4.69) is 21.5 Å². The van der Waals surface area contributed by atoms with Gasteiger partial charge >= 0.3 is 0 Å². The van der Waals surface area contributed by atoms with Crippen molar-refractivity contribution in [3.05, 3.63) is 77.6 Å². The lowest BCUT2D eigenvalue weighted by Gasteiger charge is -2.02. The molecule has 2 aromatic heterocycles. The van der Waals surface area contributed by atoms with Crippen LogP contribution in [-0.4, -0.2) is 20.7 Å². The molecule has 1 amide bonds. The Morgan fingerprint density at radius 1 is 1.21 bits per heavy atom. The third kappa shape index (κ3) is 3.73. The van der Waals surface area contributed by atoms with Crippen molar-refractivity contribution in [2.24, 2.45) is 7.05 Å². The van der Waals surface area contributed by atoms with Gasteiger partial charge in [0.1, 0.15) is 12.0 Å². The number of aromatic nitrogens is 3. The molecule has 0 fully saturated rings. The molecule has 0 aliphatic rings. The van der Waals surface area contributed by atoms with Crippen LogP contribution in [0.3, 0.4) is 0 Å². The highest BCUT2D eigenvalue weighted by Gasteiger charge is 2.15. The van der Waals surface area contributed by atoms with Crippen LogP contribution in [0.1, 0.15) is 27.6 Å². The normalized spacial score (nSPS) is 10.9. The summed E-state index contributed by atoms with van der Waals surface area (Å²) >= 11 is 0. The van der Waals surface area contributed by atoms with Crippen LogP contribution in [0.2, 0.25) is 0 Å². The van der Waals surface area contributed by atoms with Crippen molar-refractivity contribution >= 4 is 16.8 Å². The lowest BCUT2D eigenvalue weighted by atomic mass is 10.1. The number of fused-ring (bicyclic) bond motifs is 1. The largest absolute Gasteiger partial charge is 0.484 e. The number of aryl methyl sites for hydroxylation is 2. The van der Waals surface area contributed by atoms with E-state index in [9.17, 15) is 4.79 Å². The Balaban J connectivity index is 1.39. The number of carbonyl (C=O) groups is 1. The average molecular weight is 376 g/mol. The first-order valence-corrected chi connectivity index (χ1v) is 8.93. The van der Waals surface area contributed by atoms with E-state index in [1.54, 1.807) is 0 Å². The van der Waals surface area contributed by atoms with Crippen molar-refractivity contribution in [1.82, 2.24) is 20.1 Å². The molecule has 1 N–H and O–H groups in total. The van der Waals surface area contributed by atoms with Crippen molar-refractivity contribution in [2.75, 3.05) is 0 Å². The molecule has 7 heteroatoms. The van der Waals surface area contributed by atoms with Crippen LogP contribution in [0.4, 0.5) is 0 Å². The summed E-state index contributed by atoms with van der Waals surface area (Å²) in [6.45, 7) is 2.49. The van der Waals surface area contributed by atoms with Crippen LogP contribution in [-0.2, 0) is 20.2 Å². The molecule has 0 atom stereocenters. The molecule has 2 heterocycles. The van der Waals surface area contributed by atoms with E-state index in [-0.39, 0.29) is 18.2 Å². The van der Waals surface area contributed by atoms with E-state index in [0.29, 0.717) is 18.2 Å². The molecule has 0 spiro atoms. The minimum absolute atomic E-state index is 0.154. The summed E-state index contributed by atoms with van der Waals surface area (Å²) in [6.07, 6.45) is 1.33. The number of para-hydroxylation sites is 1. The molecular weight excluding hydrogens is 356 g/mol. The Morgan fingerprint density at radius 2 is 2.04 bits per heavy atom. The molecule has 0 saturated heterocycles. The Morgan fingerprint density at radius 3 is 2.86 bits per heavy atom. The fraction of sp³-hybridized carbons (Fsp3) is 0.190. The number of nitrogens with zero attached hydrogens (tertiary/aromatic N) is 3. The zero-order valence-corrected chi connectivity index (χ0v) is 15.7. The Kier molecular flexibility index (Phi) is 4.80. The monoisotopic (exact) mass is 376 g/mol. The number of hydrogen-bond donors (Lipinski definition) is 1. The van der Waals surface area contributed by atoms with Crippen molar-refractivity contribution in [2.45, 2.75) is 20.1 Å². The number of ether oxygens (including phenoxy) is 1. The van der Waals surface area contributed by atoms with Gasteiger partial charge in [-0.2, -0.15) is 5.10 Å². The first kappa shape index (κ1) is 17.8. The molecule has 0 radical (unpaired) electrons. The first-order valence-electron chi connectivity index (χ1n) is 8.93. The molecule has 0 bridgehead atoms. The summed E-state index contributed by atoms with van der Waals surface area (Å²) in [6, 6.07) is 15.5. The predicted molar refractivity (Wildman–Crippen MR) is 104 cm³/mol. The Bertz CT molecular complexity index is 1120. The minimum Gasteiger partial charge on any atom is -0.484 e. The summed E-state index contributed by atoms with van der Waals surface area (Å²) in [4.78, 5) is 16.6. The number of benzene rings is 2. The number of carbonyl (C=O) groups excluding carboxylic acids is 1. The summed E-state index contributed by atoms with van der Waals surface area (Å²) in [5, 5.41) is 8.38. The molecule has 142 valence electrons. The lowest BCUT2D eigenvalue weighted by molar-refractivity contribution is 0.0945. The smallest absolute Gasteiger partial charge is 0.273 e. The lowest BCUT2D eigenvalue weighted by Crippen LogP contribution is -2.23. The van der Waals surface area contributed by atoms with E-state index in [4.69, 9.17) is 9.15 Å². The second-order valence-electron chi connectivity index (χ2n) is 6.50. The van der Waals surface area contributed by atoms with E-state index in [1.165, 1.54) is 6.26 Å². The predicted octanol–water partition coefficient (Wildman–Crippen LogP) is 3.38. The summed E-state index contributed by atoms with van der Waals surface area (Å²) in [5.41, 5.74) is 3.19. The SMILES string of the molecule is Cc1ccc2c(c1)c(CNC(=O)c1coc(COc3ccccc3)n1)nn2C. The van der Waals surface area contributed by atoms with Gasteiger partial charge in [0.15, 0.2) is 12.3 Å². The minimum atomic E-state index is -0.318. The van der Waals surface area contributed by atoms with E-state index < -0.39 is 0 Å². The number of hydrogen-bond acceptors (Lipinski definition) is 5. The summed E-state index contributed by atoms with van der Waals surface area (Å²) in [7, 11) is 1.89. The van der Waals surface area contributed by atoms with Gasteiger partial charge in [-0.25, -0.2) is 4.98 Å². The van der Waals surface area contributed by atoms with Crippen molar-refractivity contribution in [3.8, 4) is 5.75 Å². The molecule has 0 unspecified atom stereocenters. The van der Waals surface area contributed by atoms with Crippen molar-refractivity contribution in [3.63, 3.8) is 0 Å². The van der Waals surface area contributed by atoms with Gasteiger partial charge in [0.05, 0.1) is 17.8 Å². The van der Waals surface area contributed by atoms with Gasteiger partial charge in [0, 0.05) is 12.4 Å². The molecule has 28 heavy (non-hydrogen) atoms. The van der Waals surface area contributed by atoms with Gasteiger partial charge in [-0.3, -0.25) is 9.48 Å². The second kappa shape index (κ2) is 7.56. The topological polar surface area (TPSA) is 82.2 Å². The maximum Gasteiger partial charge on any atom is 0.273 e. The first-order chi connectivity index (χ1) is 13.6. The fourth-order valence-corrected chi connectivity index (χ4v) is 2.98. The number of nitrogens with one attached hydrogen (secondary N) is 1. The standard InChI is InChI=1S/C21H20N4O3/c1-14-8-9-19-16(10-14)17(24-25(19)2)11-22-21(26)18-12-28-20(23-18)13-27-15-6-4-3-5-7-15/h3-10,12H,11,13H2,1-2H3,(H,22,26). The van der Waals surface area contributed by atoms with Gasteiger partial charge in [-0.05, 0) is 31.2 Å². The highest BCUT2D eigenvalue weighted by atomic mass is 16.5. The molecule has 4 aromatic rings. The Labute approximate surface area is 161 Å². The average Bonchev–Trinajstić information content (AvgIpc) is 3.30. The van der Waals surface area contributed by atoms with E-state index in [0.717, 1.165) is 22.2 Å². The molecule has 0 aliphatic carbocycles. The third-order valence-electron chi connectivity index (χ3n) is 4.39. The van der Waals surface area contributed by atoms with Gasteiger partial charge in [-0.1, -0.05) is 29.8 Å². The second-order valence-corrected chi connectivity index (χ2v) is 6.50. The van der Waals surface area contributed by atoms with Gasteiger partial charge in [-0.15, -0.1) is 0 Å². The van der Waals surface area contributed by atoms with E-state index in [1.807, 2.05) is 61.1 Å². The molecule has 0 saturated carbocycles. The van der Waals surface area contributed by atoms with Gasteiger partial charge < -0.3 is 14.5 Å². The molecule has 2 aromatic carbocycles. The number of rotatable bonds is 6. The molecule has 7 nitrogen and oxygen atoms in total. The molecule has 0 aliphatic heterocycles. The Hall–Kier alpha value is -3.61. The number of amides is 1. The zero-order chi connectivity index (χ0) is 19.5. The van der Waals surface area contributed by atoms with Crippen LogP contribution < -0.4 is 10.1 Å². The van der Waals surface area contributed by atoms with Crippen LogP contribution >= 0.6 is 0 Å². The maximum atomic E-state index is 12.4. The maximum absolute atomic E-state index is 12.4. The number of oxazole rings is 1. The summed E-state index contributed by atoms with van der Waals surface area (Å²) in [5.74, 6) is 0.734. The van der Waals surface area contributed by atoms with Crippen molar-refractivity contribution < 1.29 is 13.9 Å². The third-order valence-corrected chi connectivity index (χ3v) is 4.39. The zero-order valence-electron chi connectivity index (χ0n) is 15.7. The van der Waals surface area contributed by atoms with E-state index >= 15 is 0 Å². The summed E-state index contributed by atoms with van der Waals surface area (Å²) < 4.78 is 12.7. The van der Waals surface area contributed by atoms with Crippen LogP contribution in [0.5, 0.6) is 5.75 Å². The molecular formula is C21H20N4O3. The van der Waals surface area contributed by atoms with Crippen LogP contribution in [0.25, 0.3) is 10.9 Å². The van der Waals surface area contributed by atoms with Gasteiger partial charge in [0.25, 0.3) is 5.91 Å². The highest BCUT2D eigenvalue weighted by Crippen LogP contribution is 2.19. The highest BCUT2D eigenvalue weighted by molar-refractivity contribution is 5.92. The van der Waals surface area contributed by atoms with Gasteiger partial charge in [0.2, 0.25) is 5.89 Å². The quantitative estimate of drug-likeness (QED) is 0.558. The van der Waals surface area contributed by atoms with Crippen LogP contribution in [0.15, 0.2) is 59.2 Å². The van der Waals surface area contributed by atoms with Crippen molar-refractivity contribution in [1.29, 1.82) is 0 Å². The fourth-order valence-electron chi connectivity index (χ4n) is 2.98.